The number of nitrogen functional groups attached to an aromatic ring is 2. The van der Waals surface area contributed by atoms with E-state index in [1.807, 2.05) is 0 Å². The highest BCUT2D eigenvalue weighted by Crippen LogP contribution is 2.45. The van der Waals surface area contributed by atoms with E-state index in [2.05, 4.69) is 20.5 Å². The molecule has 0 aromatic heterocycles. The lowest BCUT2D eigenvalue weighted by Crippen LogP contribution is -2.08. The summed E-state index contributed by atoms with van der Waals surface area (Å²) in [6.45, 7) is 0. The Kier molecular flexibility index (Phi) is 10.7. The summed E-state index contributed by atoms with van der Waals surface area (Å²) in [5, 5.41) is 36.1. The largest absolute Gasteiger partial charge is 0.505 e. The smallest absolute Gasteiger partial charge is 0.296 e. The van der Waals surface area contributed by atoms with Gasteiger partial charge in [0, 0.05) is 10.8 Å². The summed E-state index contributed by atoms with van der Waals surface area (Å²) in [5.41, 5.74) is 12.4. The van der Waals surface area contributed by atoms with E-state index in [0.717, 1.165) is 23.3 Å². The molecule has 6 aromatic carbocycles. The lowest BCUT2D eigenvalue weighted by Gasteiger charge is -2.13. The topological polar surface area (TPSA) is 359 Å². The molecule has 20 nitrogen and oxygen atoms in total. The molecule has 0 spiro atoms. The van der Waals surface area contributed by atoms with E-state index in [4.69, 9.17) is 11.5 Å². The van der Waals surface area contributed by atoms with Crippen molar-refractivity contribution in [2.45, 2.75) is 32.4 Å². The number of phenolic OH excluding ortho intramolecular Hbond substituents is 2. The zero-order valence-corrected chi connectivity index (χ0v) is 32.3. The Hall–Kier alpha value is -6.12. The molecule has 0 heterocycles. The summed E-state index contributed by atoms with van der Waals surface area (Å²) in [5.74, 6) is -1.52. The van der Waals surface area contributed by atoms with Gasteiger partial charge in [-0.15, -0.1) is 10.2 Å². The van der Waals surface area contributed by atoms with Crippen LogP contribution in [0.4, 0.5) is 34.1 Å². The number of aromatic hydroxyl groups is 2. The van der Waals surface area contributed by atoms with Crippen LogP contribution in [0.25, 0.3) is 21.5 Å². The predicted molar refractivity (Wildman–Crippen MR) is 208 cm³/mol. The average molecular weight is 873 g/mol. The van der Waals surface area contributed by atoms with Gasteiger partial charge in [-0.25, -0.2) is 0 Å². The number of rotatable bonds is 11. The minimum Gasteiger partial charge on any atom is -0.505 e. The number of fused-ring (bicyclic) bond motifs is 2. The fraction of sp³-hybridized carbons (Fsp3) is 0.0588. The SMILES string of the molecule is Nc1c(S(=O)(=O)O)cc(S(=O)(=O)O)c2ccc(N=Nc3ccc(CCc4ccc(N=Nc5ccc6c(S(=O)(=O)O)cc(S(=O)(=O)O)c(N)c6c5O)cc4)cc3)c(O)c12. The summed E-state index contributed by atoms with van der Waals surface area (Å²) in [6.07, 6.45) is 1.16. The third-order valence-electron chi connectivity index (χ3n) is 8.67. The van der Waals surface area contributed by atoms with Crippen LogP contribution in [0.3, 0.4) is 0 Å². The standard InChI is InChI=1S/C34H28N6O14S4/c35-31-27(57(49,50)51)15-25(55(43,44)45)21-11-13-23(33(41)29(21)31)39-37-19-7-3-17(4-8-19)1-2-18-5-9-20(10-6-18)38-40-24-14-12-22-26(56(46,47)48)16-28(58(52,53)54)32(36)30(22)34(24)42/h3-16,41-42H,1-2,35-36H2,(H,43,44,45)(H,46,47,48)(H,49,50,51)(H,52,53,54). The van der Waals surface area contributed by atoms with Crippen molar-refractivity contribution in [3.05, 3.63) is 96.1 Å². The molecule has 0 aliphatic rings. The normalized spacial score (nSPS) is 13.0. The molecule has 302 valence electrons. The van der Waals surface area contributed by atoms with Crippen molar-refractivity contribution in [2.75, 3.05) is 11.5 Å². The molecule has 24 heteroatoms. The van der Waals surface area contributed by atoms with Crippen molar-refractivity contribution >= 4 is 96.1 Å². The zero-order valence-electron chi connectivity index (χ0n) is 29.0. The summed E-state index contributed by atoms with van der Waals surface area (Å²) >= 11 is 0. The number of benzene rings is 6. The van der Waals surface area contributed by atoms with Crippen molar-refractivity contribution in [3.63, 3.8) is 0 Å². The number of aryl methyl sites for hydroxylation is 2. The Balaban J connectivity index is 1.16. The molecule has 0 bridgehead atoms. The predicted octanol–water partition coefficient (Wildman–Crippen LogP) is 6.17. The van der Waals surface area contributed by atoms with Crippen LogP contribution in [0.15, 0.2) is 125 Å². The number of nitrogens with zero attached hydrogens (tertiary/aromatic N) is 4. The first-order chi connectivity index (χ1) is 26.9. The quantitative estimate of drug-likeness (QED) is 0.0409. The minimum atomic E-state index is -5.07. The van der Waals surface area contributed by atoms with Crippen molar-refractivity contribution in [1.29, 1.82) is 0 Å². The zero-order chi connectivity index (χ0) is 42.5. The number of nitrogens with two attached hydrogens (primary N) is 2. The van der Waals surface area contributed by atoms with Crippen LogP contribution in [0.1, 0.15) is 11.1 Å². The van der Waals surface area contributed by atoms with E-state index in [0.29, 0.717) is 36.3 Å². The highest BCUT2D eigenvalue weighted by Gasteiger charge is 2.28. The lowest BCUT2D eigenvalue weighted by atomic mass is 10.0. The first-order valence-electron chi connectivity index (χ1n) is 16.0. The molecule has 58 heavy (non-hydrogen) atoms. The maximum atomic E-state index is 11.9. The molecule has 0 saturated carbocycles. The van der Waals surface area contributed by atoms with Crippen molar-refractivity contribution in [3.8, 4) is 11.5 Å². The third-order valence-corrected chi connectivity index (χ3v) is 12.2. The van der Waals surface area contributed by atoms with Crippen LogP contribution < -0.4 is 11.5 Å². The van der Waals surface area contributed by atoms with Gasteiger partial charge >= 0.3 is 0 Å². The van der Waals surface area contributed by atoms with E-state index in [1.165, 1.54) is 12.1 Å². The number of hydrogen-bond donors (Lipinski definition) is 8. The summed E-state index contributed by atoms with van der Waals surface area (Å²) < 4.78 is 134. The molecule has 0 saturated heterocycles. The van der Waals surface area contributed by atoms with Gasteiger partial charge < -0.3 is 21.7 Å². The first kappa shape index (κ1) is 41.5. The molecule has 0 aliphatic carbocycles. The fourth-order valence-corrected chi connectivity index (χ4v) is 8.77. The Labute approximate surface area is 328 Å². The maximum absolute atomic E-state index is 11.9. The highest BCUT2D eigenvalue weighted by atomic mass is 32.2. The summed E-state index contributed by atoms with van der Waals surface area (Å²) in [4.78, 5) is -3.94. The summed E-state index contributed by atoms with van der Waals surface area (Å²) in [6, 6.07) is 19.1. The minimum absolute atomic E-state index is 0.234. The van der Waals surface area contributed by atoms with Crippen LogP contribution in [-0.4, -0.2) is 62.1 Å². The van der Waals surface area contributed by atoms with Gasteiger partial charge in [-0.3, -0.25) is 18.2 Å². The van der Waals surface area contributed by atoms with Crippen molar-refractivity contribution in [1.82, 2.24) is 0 Å². The molecule has 0 aliphatic heterocycles. The van der Waals surface area contributed by atoms with E-state index in [-0.39, 0.29) is 22.1 Å². The second-order valence-corrected chi connectivity index (χ2v) is 18.0. The number of hydrogen-bond acceptors (Lipinski definition) is 16. The average Bonchev–Trinajstić information content (AvgIpc) is 3.12. The maximum Gasteiger partial charge on any atom is 0.296 e. The van der Waals surface area contributed by atoms with Gasteiger partial charge in [-0.05, 0) is 72.5 Å². The van der Waals surface area contributed by atoms with E-state index in [1.54, 1.807) is 48.5 Å². The Morgan fingerprint density at radius 3 is 1.03 bits per heavy atom. The number of phenols is 2. The van der Waals surface area contributed by atoms with Gasteiger partial charge in [0.2, 0.25) is 0 Å². The van der Waals surface area contributed by atoms with Gasteiger partial charge in [0.25, 0.3) is 40.5 Å². The molecule has 6 rings (SSSR count). The van der Waals surface area contributed by atoms with Gasteiger partial charge in [-0.2, -0.15) is 43.9 Å². The van der Waals surface area contributed by atoms with Gasteiger partial charge in [0.15, 0.2) is 11.5 Å². The molecular weight excluding hydrogens is 845 g/mol. The van der Waals surface area contributed by atoms with E-state index >= 15 is 0 Å². The second kappa shape index (κ2) is 15.0. The molecule has 0 fully saturated rings. The highest BCUT2D eigenvalue weighted by molar-refractivity contribution is 7.87. The third kappa shape index (κ3) is 8.43. The molecule has 0 radical (unpaired) electrons. The Morgan fingerprint density at radius 2 is 0.741 bits per heavy atom. The fourth-order valence-electron chi connectivity index (χ4n) is 5.90. The number of anilines is 2. The molecule has 10 N–H and O–H groups in total. The van der Waals surface area contributed by atoms with Crippen LogP contribution >= 0.6 is 0 Å². The molecule has 0 amide bonds. The number of azo groups is 2. The van der Waals surface area contributed by atoms with Crippen LogP contribution in [-0.2, 0) is 53.3 Å². The van der Waals surface area contributed by atoms with E-state index in [9.17, 15) is 62.1 Å². The van der Waals surface area contributed by atoms with Crippen molar-refractivity contribution < 1.29 is 62.1 Å². The Bertz CT molecular complexity index is 2980. The molecular formula is C34H28N6O14S4. The van der Waals surface area contributed by atoms with Crippen LogP contribution in [0, 0.1) is 0 Å². The molecule has 0 atom stereocenters. The first-order valence-corrected chi connectivity index (χ1v) is 21.8. The van der Waals surface area contributed by atoms with Crippen LogP contribution in [0.5, 0.6) is 11.5 Å². The van der Waals surface area contributed by atoms with Gasteiger partial charge in [0.05, 0.1) is 33.5 Å². The Morgan fingerprint density at radius 1 is 0.431 bits per heavy atom. The molecule has 0 unspecified atom stereocenters. The monoisotopic (exact) mass is 872 g/mol. The lowest BCUT2D eigenvalue weighted by molar-refractivity contribution is 0.476. The van der Waals surface area contributed by atoms with E-state index < -0.39 is 93.7 Å². The summed E-state index contributed by atoms with van der Waals surface area (Å²) in [7, 11) is -20.2. The van der Waals surface area contributed by atoms with Gasteiger partial charge in [0.1, 0.15) is 31.0 Å². The van der Waals surface area contributed by atoms with Crippen molar-refractivity contribution in [2.24, 2.45) is 20.5 Å². The van der Waals surface area contributed by atoms with Gasteiger partial charge in [-0.1, -0.05) is 36.4 Å². The van der Waals surface area contributed by atoms with Crippen LogP contribution in [0.2, 0.25) is 0 Å². The molecule has 6 aromatic rings. The second-order valence-electron chi connectivity index (χ2n) is 12.4.